The molecule has 0 spiro atoms. The summed E-state index contributed by atoms with van der Waals surface area (Å²) in [6.07, 6.45) is 0. The van der Waals surface area contributed by atoms with Crippen LogP contribution in [-0.4, -0.2) is 14.2 Å². The molecular weight excluding hydrogens is 316 g/mol. The molecule has 0 aliphatic rings. The SMILES string of the molecule is CC(C)CS(=O)(=O)Nc1c(F)cc(Br)cc1F. The van der Waals surface area contributed by atoms with Gasteiger partial charge in [-0.3, -0.25) is 4.72 Å². The van der Waals surface area contributed by atoms with Gasteiger partial charge in [-0.25, -0.2) is 17.2 Å². The van der Waals surface area contributed by atoms with Crippen molar-refractivity contribution < 1.29 is 17.2 Å². The van der Waals surface area contributed by atoms with Crippen molar-refractivity contribution >= 4 is 31.6 Å². The van der Waals surface area contributed by atoms with E-state index in [9.17, 15) is 17.2 Å². The van der Waals surface area contributed by atoms with E-state index in [1.54, 1.807) is 13.8 Å². The molecule has 0 fully saturated rings. The van der Waals surface area contributed by atoms with Crippen molar-refractivity contribution in [2.24, 2.45) is 5.92 Å². The Morgan fingerprint density at radius 3 is 2.18 bits per heavy atom. The zero-order valence-electron chi connectivity index (χ0n) is 9.30. The maximum Gasteiger partial charge on any atom is 0.233 e. The molecule has 1 aromatic rings. The summed E-state index contributed by atoms with van der Waals surface area (Å²) in [4.78, 5) is 0. The second-order valence-corrected chi connectivity index (χ2v) is 6.70. The molecule has 0 saturated carbocycles. The Bertz CT molecular complexity index is 494. The number of rotatable bonds is 4. The van der Waals surface area contributed by atoms with Gasteiger partial charge in [-0.15, -0.1) is 0 Å². The highest BCUT2D eigenvalue weighted by Crippen LogP contribution is 2.24. The summed E-state index contributed by atoms with van der Waals surface area (Å²) in [5.41, 5.74) is -0.645. The molecule has 3 nitrogen and oxygen atoms in total. The molecular formula is C10H12BrF2NO2S. The topological polar surface area (TPSA) is 46.2 Å². The fraction of sp³-hybridized carbons (Fsp3) is 0.400. The predicted octanol–water partition coefficient (Wildman–Crippen LogP) is 3.13. The summed E-state index contributed by atoms with van der Waals surface area (Å²) < 4.78 is 52.0. The monoisotopic (exact) mass is 327 g/mol. The van der Waals surface area contributed by atoms with Gasteiger partial charge in [-0.1, -0.05) is 29.8 Å². The second-order valence-electron chi connectivity index (χ2n) is 4.02. The first-order valence-electron chi connectivity index (χ1n) is 4.86. The molecule has 1 aromatic carbocycles. The van der Waals surface area contributed by atoms with Crippen LogP contribution in [0.15, 0.2) is 16.6 Å². The third kappa shape index (κ3) is 4.23. The Labute approximate surface area is 107 Å². The molecule has 0 saturated heterocycles. The Balaban J connectivity index is 3.04. The first-order chi connectivity index (χ1) is 7.71. The Morgan fingerprint density at radius 2 is 1.76 bits per heavy atom. The van der Waals surface area contributed by atoms with E-state index in [1.165, 1.54) is 0 Å². The third-order valence-corrected chi connectivity index (χ3v) is 3.90. The standard InChI is InChI=1S/C10H12BrF2NO2S/c1-6(2)5-17(15,16)14-10-8(12)3-7(11)4-9(10)13/h3-4,6,14H,5H2,1-2H3. The average molecular weight is 328 g/mol. The van der Waals surface area contributed by atoms with Crippen LogP contribution in [0.5, 0.6) is 0 Å². The van der Waals surface area contributed by atoms with Crippen molar-refractivity contribution in [3.05, 3.63) is 28.2 Å². The number of sulfonamides is 1. The van der Waals surface area contributed by atoms with Crippen LogP contribution in [0.2, 0.25) is 0 Å². The van der Waals surface area contributed by atoms with E-state index in [0.717, 1.165) is 12.1 Å². The number of halogens is 3. The lowest BCUT2D eigenvalue weighted by atomic mass is 10.3. The van der Waals surface area contributed by atoms with Crippen molar-refractivity contribution in [1.82, 2.24) is 0 Å². The molecule has 1 rings (SSSR count). The second kappa shape index (κ2) is 5.30. The summed E-state index contributed by atoms with van der Waals surface area (Å²) in [6, 6.07) is 1.99. The normalized spacial score (nSPS) is 11.9. The minimum Gasteiger partial charge on any atom is -0.278 e. The summed E-state index contributed by atoms with van der Waals surface area (Å²) in [5, 5.41) is 0. The molecule has 0 aliphatic heterocycles. The van der Waals surface area contributed by atoms with Gasteiger partial charge in [0, 0.05) is 4.47 Å². The van der Waals surface area contributed by atoms with Crippen LogP contribution in [0.1, 0.15) is 13.8 Å². The maximum atomic E-state index is 13.4. The third-order valence-electron chi connectivity index (χ3n) is 1.82. The Hall–Kier alpha value is -0.690. The molecule has 0 aromatic heterocycles. The van der Waals surface area contributed by atoms with Crippen LogP contribution >= 0.6 is 15.9 Å². The van der Waals surface area contributed by atoms with E-state index in [2.05, 4.69) is 15.9 Å². The van der Waals surface area contributed by atoms with E-state index in [-0.39, 0.29) is 16.1 Å². The lowest BCUT2D eigenvalue weighted by molar-refractivity contribution is 0.576. The van der Waals surface area contributed by atoms with Gasteiger partial charge in [0.2, 0.25) is 10.0 Å². The molecule has 17 heavy (non-hydrogen) atoms. The average Bonchev–Trinajstić information content (AvgIpc) is 2.09. The number of hydrogen-bond donors (Lipinski definition) is 1. The van der Waals surface area contributed by atoms with Gasteiger partial charge in [0.15, 0.2) is 11.6 Å². The number of nitrogens with one attached hydrogen (secondary N) is 1. The van der Waals surface area contributed by atoms with E-state index in [1.807, 2.05) is 4.72 Å². The zero-order valence-corrected chi connectivity index (χ0v) is 11.7. The number of anilines is 1. The molecule has 0 radical (unpaired) electrons. The highest BCUT2D eigenvalue weighted by atomic mass is 79.9. The summed E-state index contributed by atoms with van der Waals surface area (Å²) >= 11 is 2.91. The molecule has 0 amide bonds. The molecule has 0 bridgehead atoms. The van der Waals surface area contributed by atoms with Crippen LogP contribution in [-0.2, 0) is 10.0 Å². The van der Waals surface area contributed by atoms with E-state index >= 15 is 0 Å². The molecule has 0 aliphatic carbocycles. The van der Waals surface area contributed by atoms with Crippen LogP contribution in [0.3, 0.4) is 0 Å². The zero-order chi connectivity index (χ0) is 13.2. The molecule has 1 N–H and O–H groups in total. The van der Waals surface area contributed by atoms with Gasteiger partial charge < -0.3 is 0 Å². The largest absolute Gasteiger partial charge is 0.278 e. The fourth-order valence-electron chi connectivity index (χ4n) is 1.28. The van der Waals surface area contributed by atoms with Gasteiger partial charge in [-0.05, 0) is 18.1 Å². The van der Waals surface area contributed by atoms with Gasteiger partial charge in [0.05, 0.1) is 5.75 Å². The van der Waals surface area contributed by atoms with Crippen LogP contribution in [0.25, 0.3) is 0 Å². The first kappa shape index (κ1) is 14.4. The molecule has 0 atom stereocenters. The van der Waals surface area contributed by atoms with Gasteiger partial charge in [0.25, 0.3) is 0 Å². The Morgan fingerprint density at radius 1 is 1.29 bits per heavy atom. The highest BCUT2D eigenvalue weighted by Gasteiger charge is 2.18. The smallest absolute Gasteiger partial charge is 0.233 e. The first-order valence-corrected chi connectivity index (χ1v) is 7.31. The molecule has 0 unspecified atom stereocenters. The van der Waals surface area contributed by atoms with Crippen molar-refractivity contribution in [2.45, 2.75) is 13.8 Å². The van der Waals surface area contributed by atoms with Gasteiger partial charge in [-0.2, -0.15) is 0 Å². The van der Waals surface area contributed by atoms with Crippen molar-refractivity contribution in [2.75, 3.05) is 10.5 Å². The fourth-order valence-corrected chi connectivity index (χ4v) is 3.14. The molecule has 7 heteroatoms. The van der Waals surface area contributed by atoms with Crippen LogP contribution < -0.4 is 4.72 Å². The maximum absolute atomic E-state index is 13.4. The lowest BCUT2D eigenvalue weighted by Gasteiger charge is -2.11. The Kier molecular flexibility index (Phi) is 4.48. The van der Waals surface area contributed by atoms with Gasteiger partial charge >= 0.3 is 0 Å². The van der Waals surface area contributed by atoms with E-state index < -0.39 is 27.3 Å². The number of benzene rings is 1. The summed E-state index contributed by atoms with van der Waals surface area (Å²) in [7, 11) is -3.74. The minimum absolute atomic E-state index is 0.130. The van der Waals surface area contributed by atoms with E-state index in [0.29, 0.717) is 0 Å². The van der Waals surface area contributed by atoms with Crippen molar-refractivity contribution in [3.8, 4) is 0 Å². The summed E-state index contributed by atoms with van der Waals surface area (Å²) in [5.74, 6) is -2.23. The number of hydrogen-bond acceptors (Lipinski definition) is 2. The van der Waals surface area contributed by atoms with Crippen LogP contribution in [0, 0.1) is 17.6 Å². The highest BCUT2D eigenvalue weighted by molar-refractivity contribution is 9.10. The lowest BCUT2D eigenvalue weighted by Crippen LogP contribution is -2.21. The minimum atomic E-state index is -3.74. The summed E-state index contributed by atoms with van der Waals surface area (Å²) in [6.45, 7) is 3.40. The predicted molar refractivity (Wildman–Crippen MR) is 66.3 cm³/mol. The quantitative estimate of drug-likeness (QED) is 0.923. The molecule has 0 heterocycles. The molecule has 96 valence electrons. The van der Waals surface area contributed by atoms with Gasteiger partial charge in [0.1, 0.15) is 5.69 Å². The van der Waals surface area contributed by atoms with Crippen molar-refractivity contribution in [3.63, 3.8) is 0 Å². The van der Waals surface area contributed by atoms with E-state index in [4.69, 9.17) is 0 Å². The van der Waals surface area contributed by atoms with Crippen molar-refractivity contribution in [1.29, 1.82) is 0 Å². The van der Waals surface area contributed by atoms with Crippen LogP contribution in [0.4, 0.5) is 14.5 Å².